The number of unbranched alkanes of at least 4 members (excludes halogenated alkanes) is 5. The van der Waals surface area contributed by atoms with Gasteiger partial charge in [-0.25, -0.2) is 0 Å². The Bertz CT molecular complexity index is 841. The van der Waals surface area contributed by atoms with Gasteiger partial charge in [0.15, 0.2) is 0 Å². The molecule has 0 aromatic carbocycles. The van der Waals surface area contributed by atoms with Gasteiger partial charge >= 0.3 is 0 Å². The number of nitrogens with zero attached hydrogens (tertiary/aromatic N) is 3. The highest BCUT2D eigenvalue weighted by molar-refractivity contribution is 5.02. The minimum absolute atomic E-state index is 0.125. The van der Waals surface area contributed by atoms with Gasteiger partial charge in [-0.15, -0.1) is 0 Å². The Hall–Kier alpha value is -0.360. The van der Waals surface area contributed by atoms with Crippen molar-refractivity contribution >= 4 is 0 Å². The van der Waals surface area contributed by atoms with Crippen LogP contribution in [0.1, 0.15) is 127 Å². The van der Waals surface area contributed by atoms with Gasteiger partial charge in [0.05, 0.1) is 19.4 Å². The molecule has 44 heavy (non-hydrogen) atoms. The number of nitrogens with one attached hydrogen (secondary N) is 5. The van der Waals surface area contributed by atoms with Gasteiger partial charge in [0, 0.05) is 53.9 Å². The Labute approximate surface area is 271 Å². The third-order valence-corrected chi connectivity index (χ3v) is 10.5. The molecule has 5 N–H and O–H groups in total. The molecule has 3 atom stereocenters. The van der Waals surface area contributed by atoms with Crippen molar-refractivity contribution < 1.29 is 4.74 Å². The van der Waals surface area contributed by atoms with E-state index in [4.69, 9.17) is 4.74 Å². The lowest BCUT2D eigenvalue weighted by Crippen LogP contribution is -2.77. The van der Waals surface area contributed by atoms with Crippen LogP contribution in [0.5, 0.6) is 0 Å². The molecule has 4 saturated heterocycles. The van der Waals surface area contributed by atoms with Crippen molar-refractivity contribution in [2.45, 2.75) is 180 Å². The summed E-state index contributed by atoms with van der Waals surface area (Å²) in [6, 6.07) is 1.21. The molecule has 3 unspecified atom stereocenters. The van der Waals surface area contributed by atoms with E-state index in [2.05, 4.69) is 111 Å². The lowest BCUT2D eigenvalue weighted by molar-refractivity contribution is -0.0610. The summed E-state index contributed by atoms with van der Waals surface area (Å²) < 4.78 is 5.65. The average molecular weight is 621 g/mol. The van der Waals surface area contributed by atoms with Crippen LogP contribution in [0.3, 0.4) is 0 Å². The van der Waals surface area contributed by atoms with Crippen LogP contribution in [0.25, 0.3) is 0 Å². The first-order valence-corrected chi connectivity index (χ1v) is 18.2. The van der Waals surface area contributed by atoms with Crippen molar-refractivity contribution in [3.63, 3.8) is 0 Å². The zero-order chi connectivity index (χ0) is 32.2. The van der Waals surface area contributed by atoms with Gasteiger partial charge < -0.3 is 20.3 Å². The van der Waals surface area contributed by atoms with Gasteiger partial charge in [0.2, 0.25) is 0 Å². The first-order chi connectivity index (χ1) is 20.5. The van der Waals surface area contributed by atoms with Gasteiger partial charge in [-0.05, 0) is 114 Å². The van der Waals surface area contributed by atoms with E-state index in [0.717, 1.165) is 32.8 Å². The molecule has 4 aliphatic rings. The van der Waals surface area contributed by atoms with Crippen LogP contribution in [0.15, 0.2) is 0 Å². The van der Waals surface area contributed by atoms with Gasteiger partial charge in [0.1, 0.15) is 12.6 Å². The second-order valence-electron chi connectivity index (χ2n) is 17.4. The average Bonchev–Trinajstić information content (AvgIpc) is 2.88. The van der Waals surface area contributed by atoms with E-state index in [0.29, 0.717) is 12.1 Å². The highest BCUT2D eigenvalue weighted by atomic mass is 16.5. The Balaban J connectivity index is 1.25. The largest absolute Gasteiger partial charge is 0.379 e. The van der Waals surface area contributed by atoms with Crippen LogP contribution in [-0.4, -0.2) is 114 Å². The molecular formula is C35H72N8O. The smallest absolute Gasteiger partial charge is 0.118 e. The van der Waals surface area contributed by atoms with Gasteiger partial charge in [0.25, 0.3) is 0 Å². The van der Waals surface area contributed by atoms with E-state index in [1.165, 1.54) is 70.8 Å². The molecule has 0 aromatic heterocycles. The van der Waals surface area contributed by atoms with Crippen molar-refractivity contribution in [2.75, 3.05) is 46.4 Å². The molecule has 0 radical (unpaired) electrons. The summed E-state index contributed by atoms with van der Waals surface area (Å²) in [5.74, 6) is 0. The number of ether oxygens (including phenoxy) is 1. The molecule has 0 spiro atoms. The predicted octanol–water partition coefficient (Wildman–Crippen LogP) is 4.21. The Kier molecular flexibility index (Phi) is 12.6. The van der Waals surface area contributed by atoms with Crippen LogP contribution >= 0.6 is 0 Å². The number of piperidine rings is 2. The second kappa shape index (κ2) is 15.2. The summed E-state index contributed by atoms with van der Waals surface area (Å²) in [6.07, 6.45) is 13.3. The molecule has 4 rings (SSSR count). The molecule has 0 aromatic rings. The molecule has 0 aliphatic carbocycles. The first kappa shape index (κ1) is 36.5. The highest BCUT2D eigenvalue weighted by Gasteiger charge is 2.43. The van der Waals surface area contributed by atoms with E-state index < -0.39 is 0 Å². The van der Waals surface area contributed by atoms with Crippen molar-refractivity contribution in [2.24, 2.45) is 0 Å². The minimum atomic E-state index is 0.125. The molecule has 9 heteroatoms. The summed E-state index contributed by atoms with van der Waals surface area (Å²) >= 11 is 0. The molecule has 9 nitrogen and oxygen atoms in total. The quantitative estimate of drug-likeness (QED) is 0.195. The molecule has 258 valence electrons. The SMILES string of the molecule is CC1NC(N2CCOCC2)NC(N(CCCCCCCCN(C)C2CC(C)(C)NC(C)(C)C2)C2CC(C)(C)NC(C)(C)C2)N1. The number of morpholine rings is 1. The zero-order valence-electron chi connectivity index (χ0n) is 30.5. The van der Waals surface area contributed by atoms with E-state index in [9.17, 15) is 0 Å². The van der Waals surface area contributed by atoms with E-state index in [-0.39, 0.29) is 40.9 Å². The maximum Gasteiger partial charge on any atom is 0.118 e. The maximum atomic E-state index is 5.65. The fourth-order valence-electron chi connectivity index (χ4n) is 9.16. The summed E-state index contributed by atoms with van der Waals surface area (Å²) in [6.45, 7) is 27.2. The molecule has 0 amide bonds. The molecule has 4 fully saturated rings. The summed E-state index contributed by atoms with van der Waals surface area (Å²) in [7, 11) is 2.35. The van der Waals surface area contributed by atoms with E-state index >= 15 is 0 Å². The van der Waals surface area contributed by atoms with Gasteiger partial charge in [-0.3, -0.25) is 25.8 Å². The van der Waals surface area contributed by atoms with Crippen LogP contribution in [-0.2, 0) is 4.74 Å². The van der Waals surface area contributed by atoms with Crippen LogP contribution in [0.4, 0.5) is 0 Å². The highest BCUT2D eigenvalue weighted by Crippen LogP contribution is 2.33. The first-order valence-electron chi connectivity index (χ1n) is 18.2. The number of hydrogen-bond acceptors (Lipinski definition) is 9. The summed E-state index contributed by atoms with van der Waals surface area (Å²) in [4.78, 5) is 7.94. The molecular weight excluding hydrogens is 548 g/mol. The van der Waals surface area contributed by atoms with Crippen LogP contribution in [0.2, 0.25) is 0 Å². The summed E-state index contributed by atoms with van der Waals surface area (Å²) in [5.41, 5.74) is 0.683. The Morgan fingerprint density at radius 3 is 1.66 bits per heavy atom. The minimum Gasteiger partial charge on any atom is -0.379 e. The third kappa shape index (κ3) is 11.1. The van der Waals surface area contributed by atoms with Crippen LogP contribution < -0.4 is 26.6 Å². The second-order valence-corrected chi connectivity index (χ2v) is 17.4. The molecule has 0 bridgehead atoms. The Morgan fingerprint density at radius 1 is 0.636 bits per heavy atom. The zero-order valence-corrected chi connectivity index (χ0v) is 30.5. The predicted molar refractivity (Wildman–Crippen MR) is 185 cm³/mol. The molecule has 0 saturated carbocycles. The van der Waals surface area contributed by atoms with Gasteiger partial charge in [-0.2, -0.15) is 0 Å². The fraction of sp³-hybridized carbons (Fsp3) is 1.00. The lowest BCUT2D eigenvalue weighted by Gasteiger charge is -2.53. The third-order valence-electron chi connectivity index (χ3n) is 10.5. The van der Waals surface area contributed by atoms with Crippen LogP contribution in [0, 0.1) is 0 Å². The monoisotopic (exact) mass is 621 g/mol. The van der Waals surface area contributed by atoms with Crippen molar-refractivity contribution in [1.82, 2.24) is 41.3 Å². The number of hydrogen-bond donors (Lipinski definition) is 5. The maximum absolute atomic E-state index is 5.65. The van der Waals surface area contributed by atoms with E-state index in [1.54, 1.807) is 0 Å². The topological polar surface area (TPSA) is 79.1 Å². The fourth-order valence-corrected chi connectivity index (χ4v) is 9.16. The van der Waals surface area contributed by atoms with Crippen molar-refractivity contribution in [1.29, 1.82) is 0 Å². The van der Waals surface area contributed by atoms with Gasteiger partial charge in [-0.1, -0.05) is 25.7 Å². The van der Waals surface area contributed by atoms with E-state index in [1.807, 2.05) is 0 Å². The summed E-state index contributed by atoms with van der Waals surface area (Å²) in [5, 5.41) is 19.3. The van der Waals surface area contributed by atoms with Crippen molar-refractivity contribution in [3.8, 4) is 0 Å². The standard InChI is InChI=1S/C35H72N8O/c1-27-36-30(42-19-21-44-22-20-42)38-31(37-27)43(29-25-34(6,7)40-35(8,9)26-29)18-16-14-12-11-13-15-17-41(10)28-23-32(2,3)39-33(4,5)24-28/h27-31,36-40H,11-26H2,1-10H3. The lowest BCUT2D eigenvalue weighted by atomic mass is 9.79. The molecule has 4 heterocycles. The Morgan fingerprint density at radius 2 is 1.11 bits per heavy atom. The number of rotatable bonds is 13. The normalized spacial score (nSPS) is 31.5. The van der Waals surface area contributed by atoms with Crippen molar-refractivity contribution in [3.05, 3.63) is 0 Å². The molecule has 4 aliphatic heterocycles.